The molecule has 18 heavy (non-hydrogen) atoms. The van der Waals surface area contributed by atoms with Gasteiger partial charge in [-0.3, -0.25) is 4.79 Å². The van der Waals surface area contributed by atoms with Gasteiger partial charge in [-0.1, -0.05) is 6.92 Å². The Kier molecular flexibility index (Phi) is 6.59. The van der Waals surface area contributed by atoms with Gasteiger partial charge < -0.3 is 15.4 Å². The number of ether oxygens (including phenoxy) is 1. The molecule has 1 rings (SSSR count). The zero-order chi connectivity index (χ0) is 13.4. The van der Waals surface area contributed by atoms with Crippen LogP contribution in [0.2, 0.25) is 0 Å². The number of carbonyl (C=O) groups excluding carboxylic acids is 1. The third-order valence-electron chi connectivity index (χ3n) is 2.28. The molecular formula is C11H20N4O2S. The van der Waals surface area contributed by atoms with E-state index in [4.69, 9.17) is 4.74 Å². The average molecular weight is 272 g/mol. The molecule has 1 aromatic heterocycles. The smallest absolute Gasteiger partial charge is 0.242 e. The minimum atomic E-state index is -0.329. The van der Waals surface area contributed by atoms with Gasteiger partial charge in [0.2, 0.25) is 11.0 Å². The van der Waals surface area contributed by atoms with Crippen LogP contribution < -0.4 is 10.6 Å². The summed E-state index contributed by atoms with van der Waals surface area (Å²) in [7, 11) is 1.60. The van der Waals surface area contributed by atoms with Gasteiger partial charge in [-0.05, 0) is 13.3 Å². The van der Waals surface area contributed by atoms with Crippen LogP contribution in [0.25, 0.3) is 0 Å². The number of nitrogens with zero attached hydrogens (tertiary/aromatic N) is 2. The minimum absolute atomic E-state index is 0.0701. The molecule has 7 heteroatoms. The minimum Gasteiger partial charge on any atom is -0.383 e. The second-order valence-electron chi connectivity index (χ2n) is 3.92. The van der Waals surface area contributed by atoms with Gasteiger partial charge in [-0.2, -0.15) is 4.37 Å². The van der Waals surface area contributed by atoms with Crippen LogP contribution in [0.15, 0.2) is 0 Å². The number of hydrogen-bond acceptors (Lipinski definition) is 6. The normalized spacial score (nSPS) is 12.2. The maximum Gasteiger partial charge on any atom is 0.242 e. The van der Waals surface area contributed by atoms with Crippen molar-refractivity contribution in [1.82, 2.24) is 14.7 Å². The number of methoxy groups -OCH3 is 1. The van der Waals surface area contributed by atoms with Crippen LogP contribution >= 0.6 is 11.5 Å². The quantitative estimate of drug-likeness (QED) is 0.692. The number of amides is 1. The molecule has 0 aliphatic rings. The molecule has 0 aliphatic carbocycles. The second-order valence-corrected chi connectivity index (χ2v) is 4.67. The first-order chi connectivity index (χ1) is 8.67. The van der Waals surface area contributed by atoms with Gasteiger partial charge in [-0.15, -0.1) is 0 Å². The SMILES string of the molecule is CCCc1nsc(NC(C)C(=O)NCCOC)n1. The molecule has 0 spiro atoms. The van der Waals surface area contributed by atoms with E-state index in [0.717, 1.165) is 18.7 Å². The molecule has 1 aromatic rings. The molecule has 102 valence electrons. The van der Waals surface area contributed by atoms with E-state index in [1.54, 1.807) is 14.0 Å². The zero-order valence-electron chi connectivity index (χ0n) is 11.0. The summed E-state index contributed by atoms with van der Waals surface area (Å²) in [5, 5.41) is 6.49. The summed E-state index contributed by atoms with van der Waals surface area (Å²) < 4.78 is 9.08. The molecule has 0 saturated carbocycles. The van der Waals surface area contributed by atoms with Gasteiger partial charge in [0.15, 0.2) is 0 Å². The molecule has 0 fully saturated rings. The number of nitrogens with one attached hydrogen (secondary N) is 2. The van der Waals surface area contributed by atoms with E-state index in [1.807, 2.05) is 0 Å². The van der Waals surface area contributed by atoms with E-state index in [1.165, 1.54) is 11.5 Å². The predicted molar refractivity (Wildman–Crippen MR) is 71.9 cm³/mol. The number of anilines is 1. The van der Waals surface area contributed by atoms with E-state index in [2.05, 4.69) is 26.9 Å². The average Bonchev–Trinajstić information content (AvgIpc) is 2.77. The Bertz CT molecular complexity index is 370. The lowest BCUT2D eigenvalue weighted by Gasteiger charge is -2.12. The maximum atomic E-state index is 11.7. The highest BCUT2D eigenvalue weighted by Crippen LogP contribution is 2.13. The number of rotatable bonds is 8. The Morgan fingerprint density at radius 2 is 2.33 bits per heavy atom. The highest BCUT2D eigenvalue weighted by molar-refractivity contribution is 7.09. The van der Waals surface area contributed by atoms with E-state index < -0.39 is 0 Å². The standard InChI is InChI=1S/C11H20N4O2S/c1-4-5-9-14-11(18-15-9)13-8(2)10(16)12-6-7-17-3/h8H,4-7H2,1-3H3,(H,12,16)(H,13,14,15). The van der Waals surface area contributed by atoms with Crippen LogP contribution in [0.1, 0.15) is 26.1 Å². The van der Waals surface area contributed by atoms with Gasteiger partial charge in [0, 0.05) is 31.6 Å². The fraction of sp³-hybridized carbons (Fsp3) is 0.727. The summed E-state index contributed by atoms with van der Waals surface area (Å²) in [6.45, 7) is 4.90. The fourth-order valence-electron chi connectivity index (χ4n) is 1.32. The topological polar surface area (TPSA) is 76.1 Å². The van der Waals surface area contributed by atoms with Crippen molar-refractivity contribution in [3.63, 3.8) is 0 Å². The largest absolute Gasteiger partial charge is 0.383 e. The Hall–Kier alpha value is -1.21. The van der Waals surface area contributed by atoms with Crippen molar-refractivity contribution in [3.05, 3.63) is 5.82 Å². The zero-order valence-corrected chi connectivity index (χ0v) is 11.8. The van der Waals surface area contributed by atoms with Crippen LogP contribution in [-0.2, 0) is 16.0 Å². The Morgan fingerprint density at radius 3 is 3.00 bits per heavy atom. The number of hydrogen-bond donors (Lipinski definition) is 2. The predicted octanol–water partition coefficient (Wildman–Crippen LogP) is 1.05. The molecule has 6 nitrogen and oxygen atoms in total. The Labute approximate surface area is 111 Å². The molecule has 2 N–H and O–H groups in total. The molecule has 0 aromatic carbocycles. The van der Waals surface area contributed by atoms with Crippen molar-refractivity contribution in [1.29, 1.82) is 0 Å². The molecule has 1 atom stereocenters. The lowest BCUT2D eigenvalue weighted by molar-refractivity contribution is -0.121. The Balaban J connectivity index is 2.37. The van der Waals surface area contributed by atoms with Crippen LogP contribution in [0.5, 0.6) is 0 Å². The first kappa shape index (κ1) is 14.8. The summed E-state index contributed by atoms with van der Waals surface area (Å²) in [4.78, 5) is 16.0. The molecule has 0 aliphatic heterocycles. The third-order valence-corrected chi connectivity index (χ3v) is 2.96. The van der Waals surface area contributed by atoms with Crippen molar-refractivity contribution in [2.24, 2.45) is 0 Å². The summed E-state index contributed by atoms with van der Waals surface area (Å²) in [5.41, 5.74) is 0. The number of aryl methyl sites for hydroxylation is 1. The maximum absolute atomic E-state index is 11.7. The van der Waals surface area contributed by atoms with Gasteiger partial charge >= 0.3 is 0 Å². The van der Waals surface area contributed by atoms with Crippen molar-refractivity contribution in [3.8, 4) is 0 Å². The first-order valence-corrected chi connectivity index (χ1v) is 6.80. The Morgan fingerprint density at radius 1 is 1.56 bits per heavy atom. The van der Waals surface area contributed by atoms with Crippen LogP contribution in [0.3, 0.4) is 0 Å². The van der Waals surface area contributed by atoms with E-state index in [0.29, 0.717) is 18.3 Å². The molecule has 0 radical (unpaired) electrons. The van der Waals surface area contributed by atoms with Crippen molar-refractivity contribution >= 4 is 22.6 Å². The molecule has 0 saturated heterocycles. The third kappa shape index (κ3) is 4.97. The number of carbonyl (C=O) groups is 1. The summed E-state index contributed by atoms with van der Waals surface area (Å²) in [5.74, 6) is 0.760. The molecule has 0 bridgehead atoms. The van der Waals surface area contributed by atoms with E-state index >= 15 is 0 Å². The van der Waals surface area contributed by atoms with Crippen molar-refractivity contribution in [2.45, 2.75) is 32.7 Å². The lowest BCUT2D eigenvalue weighted by atomic mass is 10.3. The van der Waals surface area contributed by atoms with Crippen LogP contribution in [0, 0.1) is 0 Å². The van der Waals surface area contributed by atoms with Gasteiger partial charge in [0.1, 0.15) is 11.9 Å². The van der Waals surface area contributed by atoms with Gasteiger partial charge in [0.25, 0.3) is 0 Å². The lowest BCUT2D eigenvalue weighted by Crippen LogP contribution is -2.39. The second kappa shape index (κ2) is 7.99. The summed E-state index contributed by atoms with van der Waals surface area (Å²) in [6, 6.07) is -0.329. The van der Waals surface area contributed by atoms with Crippen molar-refractivity contribution < 1.29 is 9.53 Å². The highest BCUT2D eigenvalue weighted by atomic mass is 32.1. The monoisotopic (exact) mass is 272 g/mol. The first-order valence-electron chi connectivity index (χ1n) is 6.03. The fourth-order valence-corrected chi connectivity index (χ4v) is 2.02. The molecule has 1 unspecified atom stereocenters. The summed E-state index contributed by atoms with van der Waals surface area (Å²) in [6.07, 6.45) is 1.88. The highest BCUT2D eigenvalue weighted by Gasteiger charge is 2.14. The van der Waals surface area contributed by atoms with E-state index in [-0.39, 0.29) is 11.9 Å². The van der Waals surface area contributed by atoms with Crippen molar-refractivity contribution in [2.75, 3.05) is 25.6 Å². The molecule has 1 amide bonds. The summed E-state index contributed by atoms with van der Waals surface area (Å²) >= 11 is 1.29. The van der Waals surface area contributed by atoms with Crippen LogP contribution in [0.4, 0.5) is 5.13 Å². The molecular weight excluding hydrogens is 252 g/mol. The van der Waals surface area contributed by atoms with E-state index in [9.17, 15) is 4.79 Å². The molecule has 1 heterocycles. The van der Waals surface area contributed by atoms with Gasteiger partial charge in [-0.25, -0.2) is 4.98 Å². The number of aromatic nitrogens is 2. The van der Waals surface area contributed by atoms with Gasteiger partial charge in [0.05, 0.1) is 6.61 Å². The van der Waals surface area contributed by atoms with Crippen LogP contribution in [-0.4, -0.2) is 41.6 Å².